The van der Waals surface area contributed by atoms with Crippen molar-refractivity contribution in [2.75, 3.05) is 32.9 Å². The Balaban J connectivity index is 1.43. The van der Waals surface area contributed by atoms with Gasteiger partial charge in [-0.3, -0.25) is 9.59 Å². The molecular weight excluding hydrogens is 384 g/mol. The smallest absolute Gasteiger partial charge is 0.258 e. The molecule has 0 aliphatic carbocycles. The van der Waals surface area contributed by atoms with E-state index in [4.69, 9.17) is 9.47 Å². The van der Waals surface area contributed by atoms with Crippen LogP contribution in [-0.2, 0) is 27.4 Å². The maximum Gasteiger partial charge on any atom is 0.258 e. The van der Waals surface area contributed by atoms with Crippen molar-refractivity contribution in [1.82, 2.24) is 19.8 Å². The van der Waals surface area contributed by atoms with Gasteiger partial charge in [0.15, 0.2) is 6.61 Å². The van der Waals surface area contributed by atoms with E-state index < -0.39 is 0 Å². The summed E-state index contributed by atoms with van der Waals surface area (Å²) in [5.41, 5.74) is 1.65. The Labute approximate surface area is 174 Å². The zero-order valence-corrected chi connectivity index (χ0v) is 16.6. The zero-order valence-electron chi connectivity index (χ0n) is 16.6. The highest BCUT2D eigenvalue weighted by molar-refractivity contribution is 5.81. The van der Waals surface area contributed by atoms with Gasteiger partial charge in [0.2, 0.25) is 5.91 Å². The van der Waals surface area contributed by atoms with Crippen LogP contribution in [0.5, 0.6) is 5.75 Å². The van der Waals surface area contributed by atoms with E-state index in [1.54, 1.807) is 17.0 Å². The summed E-state index contributed by atoms with van der Waals surface area (Å²) < 4.78 is 12.7. The molecule has 3 aromatic rings. The Morgan fingerprint density at radius 1 is 1.03 bits per heavy atom. The van der Waals surface area contributed by atoms with Crippen molar-refractivity contribution in [3.8, 4) is 5.75 Å². The van der Waals surface area contributed by atoms with Crippen LogP contribution in [0.2, 0.25) is 0 Å². The molecule has 2 aromatic carbocycles. The molecular formula is C22H24N4O4. The Hall–Kier alpha value is -3.39. The fraction of sp³-hybridized carbons (Fsp3) is 0.318. The Morgan fingerprint density at radius 3 is 2.57 bits per heavy atom. The maximum atomic E-state index is 12.8. The molecule has 1 aliphatic heterocycles. The number of benzene rings is 2. The molecule has 0 radical (unpaired) electrons. The van der Waals surface area contributed by atoms with Crippen molar-refractivity contribution in [2.45, 2.75) is 13.1 Å². The second-order valence-electron chi connectivity index (χ2n) is 6.97. The number of amides is 2. The lowest BCUT2D eigenvalue weighted by molar-refractivity contribution is -0.135. The van der Waals surface area contributed by atoms with Gasteiger partial charge in [0.25, 0.3) is 5.91 Å². The molecule has 0 bridgehead atoms. The largest absolute Gasteiger partial charge is 0.484 e. The molecule has 1 N–H and O–H groups in total. The summed E-state index contributed by atoms with van der Waals surface area (Å²) in [7, 11) is 0. The summed E-state index contributed by atoms with van der Waals surface area (Å²) in [4.78, 5) is 31.4. The number of aromatic nitrogens is 2. The normalized spacial score (nSPS) is 13.9. The van der Waals surface area contributed by atoms with E-state index in [1.165, 1.54) is 0 Å². The first kappa shape index (κ1) is 19.9. The highest BCUT2D eigenvalue weighted by Crippen LogP contribution is 2.17. The molecule has 4 rings (SSSR count). The molecule has 2 amide bonds. The number of fused-ring (bicyclic) bond motifs is 1. The van der Waals surface area contributed by atoms with Crippen LogP contribution in [0, 0.1) is 0 Å². The van der Waals surface area contributed by atoms with Crippen molar-refractivity contribution >= 4 is 22.8 Å². The highest BCUT2D eigenvalue weighted by Gasteiger charge is 2.20. The van der Waals surface area contributed by atoms with E-state index in [1.807, 2.05) is 47.0 Å². The number of nitrogens with zero attached hydrogens (tertiary/aromatic N) is 3. The minimum atomic E-state index is -0.253. The number of carbonyl (C=O) groups is 2. The fourth-order valence-electron chi connectivity index (χ4n) is 3.38. The lowest BCUT2D eigenvalue weighted by Crippen LogP contribution is -2.42. The van der Waals surface area contributed by atoms with Crippen molar-refractivity contribution in [3.05, 3.63) is 60.4 Å². The number of nitrogens with one attached hydrogen (secondary N) is 1. The fourth-order valence-corrected chi connectivity index (χ4v) is 3.38. The van der Waals surface area contributed by atoms with Crippen LogP contribution in [0.1, 0.15) is 5.82 Å². The second-order valence-corrected chi connectivity index (χ2v) is 6.97. The van der Waals surface area contributed by atoms with Crippen LogP contribution in [0.3, 0.4) is 0 Å². The SMILES string of the molecule is O=C(COc1ccccc1)NCc1nc2ccccc2n1CC(=O)N1CCOCC1. The van der Waals surface area contributed by atoms with E-state index in [-0.39, 0.29) is 31.5 Å². The van der Waals surface area contributed by atoms with Crippen LogP contribution in [0.25, 0.3) is 11.0 Å². The average Bonchev–Trinajstić information content (AvgIpc) is 3.15. The summed E-state index contributed by atoms with van der Waals surface area (Å²) in [6.45, 7) is 2.59. The van der Waals surface area contributed by atoms with Gasteiger partial charge in [0, 0.05) is 13.1 Å². The maximum absolute atomic E-state index is 12.8. The second kappa shape index (κ2) is 9.41. The van der Waals surface area contributed by atoms with Crippen molar-refractivity contribution < 1.29 is 19.1 Å². The van der Waals surface area contributed by atoms with E-state index >= 15 is 0 Å². The van der Waals surface area contributed by atoms with Gasteiger partial charge in [-0.1, -0.05) is 30.3 Å². The van der Waals surface area contributed by atoms with Gasteiger partial charge < -0.3 is 24.3 Å². The first-order valence-corrected chi connectivity index (χ1v) is 9.95. The molecule has 1 fully saturated rings. The van der Waals surface area contributed by atoms with E-state index in [9.17, 15) is 9.59 Å². The van der Waals surface area contributed by atoms with Crippen LogP contribution in [-0.4, -0.2) is 59.2 Å². The molecule has 1 saturated heterocycles. The van der Waals surface area contributed by atoms with E-state index in [0.29, 0.717) is 37.9 Å². The third-order valence-electron chi connectivity index (χ3n) is 4.95. The number of rotatable bonds is 7. The van der Waals surface area contributed by atoms with E-state index in [2.05, 4.69) is 10.3 Å². The molecule has 156 valence electrons. The monoisotopic (exact) mass is 408 g/mol. The van der Waals surface area contributed by atoms with Gasteiger partial charge in [-0.25, -0.2) is 4.98 Å². The van der Waals surface area contributed by atoms with Crippen LogP contribution in [0.4, 0.5) is 0 Å². The molecule has 1 aromatic heterocycles. The predicted molar refractivity (Wildman–Crippen MR) is 111 cm³/mol. The van der Waals surface area contributed by atoms with E-state index in [0.717, 1.165) is 11.0 Å². The Morgan fingerprint density at radius 2 is 1.77 bits per heavy atom. The summed E-state index contributed by atoms with van der Waals surface area (Å²) in [5.74, 6) is 1.03. The summed E-state index contributed by atoms with van der Waals surface area (Å²) in [6, 6.07) is 16.8. The quantitative estimate of drug-likeness (QED) is 0.642. The molecule has 0 spiro atoms. The van der Waals surface area contributed by atoms with Gasteiger partial charge in [0.1, 0.15) is 18.1 Å². The number of hydrogen-bond donors (Lipinski definition) is 1. The van der Waals surface area contributed by atoms with Crippen molar-refractivity contribution in [2.24, 2.45) is 0 Å². The predicted octanol–water partition coefficient (Wildman–Crippen LogP) is 1.59. The number of ether oxygens (including phenoxy) is 2. The van der Waals surface area contributed by atoms with Gasteiger partial charge in [-0.05, 0) is 24.3 Å². The summed E-state index contributed by atoms with van der Waals surface area (Å²) in [6.07, 6.45) is 0. The van der Waals surface area contributed by atoms with Crippen LogP contribution in [0.15, 0.2) is 54.6 Å². The lowest BCUT2D eigenvalue weighted by atomic mass is 10.3. The van der Waals surface area contributed by atoms with Crippen LogP contribution >= 0.6 is 0 Å². The third-order valence-corrected chi connectivity index (χ3v) is 4.95. The van der Waals surface area contributed by atoms with Crippen molar-refractivity contribution in [1.29, 1.82) is 0 Å². The lowest BCUT2D eigenvalue weighted by Gasteiger charge is -2.27. The van der Waals surface area contributed by atoms with Gasteiger partial charge in [-0.2, -0.15) is 0 Å². The van der Waals surface area contributed by atoms with Crippen LogP contribution < -0.4 is 10.1 Å². The number of hydrogen-bond acceptors (Lipinski definition) is 5. The number of imidazole rings is 1. The molecule has 8 nitrogen and oxygen atoms in total. The number of morpholine rings is 1. The third kappa shape index (κ3) is 4.77. The molecule has 30 heavy (non-hydrogen) atoms. The van der Waals surface area contributed by atoms with Gasteiger partial charge >= 0.3 is 0 Å². The molecule has 8 heteroatoms. The highest BCUT2D eigenvalue weighted by atomic mass is 16.5. The topological polar surface area (TPSA) is 85.7 Å². The molecule has 0 saturated carbocycles. The van der Waals surface area contributed by atoms with Gasteiger partial charge in [0.05, 0.1) is 30.8 Å². The average molecular weight is 408 g/mol. The molecule has 0 unspecified atom stereocenters. The number of carbonyl (C=O) groups excluding carboxylic acids is 2. The van der Waals surface area contributed by atoms with Gasteiger partial charge in [-0.15, -0.1) is 0 Å². The van der Waals surface area contributed by atoms with Crippen molar-refractivity contribution in [3.63, 3.8) is 0 Å². The Kier molecular flexibility index (Phi) is 6.24. The minimum Gasteiger partial charge on any atom is -0.484 e. The molecule has 2 heterocycles. The Bertz CT molecular complexity index is 1010. The standard InChI is InChI=1S/C22H24N4O4/c27-21(16-30-17-6-2-1-3-7-17)23-14-20-24-18-8-4-5-9-19(18)26(20)15-22(28)25-10-12-29-13-11-25/h1-9H,10-16H2,(H,23,27). The first-order valence-electron chi connectivity index (χ1n) is 9.95. The zero-order chi connectivity index (χ0) is 20.8. The summed E-state index contributed by atoms with van der Waals surface area (Å²) >= 11 is 0. The first-order chi connectivity index (χ1) is 14.7. The minimum absolute atomic E-state index is 0.0152. The molecule has 0 atom stereocenters. The summed E-state index contributed by atoms with van der Waals surface area (Å²) in [5, 5.41) is 2.83. The number of para-hydroxylation sites is 3. The molecule has 1 aliphatic rings.